The van der Waals surface area contributed by atoms with Crippen LogP contribution in [0.4, 0.5) is 39.8 Å². The Morgan fingerprint density at radius 3 is 1.75 bits per heavy atom. The lowest BCUT2D eigenvalue weighted by atomic mass is 9.33. The molecule has 380 valence electrons. The van der Waals surface area contributed by atoms with Gasteiger partial charge < -0.3 is 14.7 Å². The van der Waals surface area contributed by atoms with Crippen LogP contribution < -0.4 is 31.1 Å². The molecule has 0 saturated heterocycles. The number of hydrogen-bond acceptors (Lipinski definition) is 3. The van der Waals surface area contributed by atoms with Gasteiger partial charge in [0.25, 0.3) is 6.71 Å². The number of nitrogens with zero attached hydrogens (tertiary/aromatic N) is 3. The second-order valence-corrected chi connectivity index (χ2v) is 27.1. The minimum atomic E-state index is -0.503. The Morgan fingerprint density at radius 2 is 1.03 bits per heavy atom. The second kappa shape index (κ2) is 15.9. The van der Waals surface area contributed by atoms with Gasteiger partial charge in [0.2, 0.25) is 0 Å². The van der Waals surface area contributed by atoms with Crippen LogP contribution in [0.5, 0.6) is 0 Å². The van der Waals surface area contributed by atoms with Gasteiger partial charge >= 0.3 is 0 Å². The molecule has 0 bridgehead atoms. The van der Waals surface area contributed by atoms with E-state index in [1.165, 1.54) is 119 Å². The van der Waals surface area contributed by atoms with E-state index in [2.05, 4.69) is 267 Å². The Balaban J connectivity index is 1.15. The van der Waals surface area contributed by atoms with Crippen molar-refractivity contribution >= 4 is 62.9 Å². The molecule has 14 rings (SSSR count). The van der Waals surface area contributed by atoms with Gasteiger partial charge in [-0.25, -0.2) is 0 Å². The number of para-hydroxylation sites is 1. The molecule has 0 N–H and O–H groups in total. The van der Waals surface area contributed by atoms with Gasteiger partial charge in [-0.15, -0.1) is 0 Å². The van der Waals surface area contributed by atoms with Crippen LogP contribution in [0.15, 0.2) is 176 Å². The second-order valence-electron chi connectivity index (χ2n) is 27.1. The van der Waals surface area contributed by atoms with E-state index in [1.807, 2.05) is 0 Å². The van der Waals surface area contributed by atoms with E-state index in [-0.39, 0.29) is 39.3 Å². The minimum absolute atomic E-state index is 0.0301. The maximum Gasteiger partial charge on any atom is 0.252 e. The molecule has 4 heterocycles. The zero-order valence-corrected chi connectivity index (χ0v) is 46.9. The van der Waals surface area contributed by atoms with E-state index in [4.69, 9.17) is 0 Å². The molecule has 0 amide bonds. The van der Waals surface area contributed by atoms with Gasteiger partial charge in [-0.1, -0.05) is 215 Å². The smallest absolute Gasteiger partial charge is 0.252 e. The fourth-order valence-corrected chi connectivity index (χ4v) is 16.5. The molecule has 1 fully saturated rings. The molecule has 0 spiro atoms. The Labute approximate surface area is 454 Å². The summed E-state index contributed by atoms with van der Waals surface area (Å²) in [5, 5.41) is 0. The minimum Gasteiger partial charge on any atom is -0.335 e. The van der Waals surface area contributed by atoms with Crippen LogP contribution in [0.3, 0.4) is 0 Å². The van der Waals surface area contributed by atoms with Crippen molar-refractivity contribution in [2.45, 2.75) is 153 Å². The predicted octanol–water partition coefficient (Wildman–Crippen LogP) is 16.3. The van der Waals surface area contributed by atoms with E-state index in [0.717, 1.165) is 25.7 Å². The lowest BCUT2D eigenvalue weighted by molar-refractivity contribution is 0.215. The van der Waals surface area contributed by atoms with E-state index in [1.54, 1.807) is 0 Å². The van der Waals surface area contributed by atoms with Gasteiger partial charge in [0.1, 0.15) is 0 Å². The first-order valence-electron chi connectivity index (χ1n) is 28.6. The standard InChI is InChI=1S/C72H74BN3/c1-66(2,3)50-29-22-30-53(42-50)74-61-44-52(68(7,8)9)34-36-58(61)73-59-33-23-32-56-65(59)76(69(10)39-20-21-40-71(56,69)48-25-14-12-15-26-48)63-46-54(45-62(74)64(63)73)75-60-37-35-51(67(4,5)6)43-57(60)72(49-27-16-13-17-28-49)41-38-47-24-18-19-31-55(47)70(72,75)11/h12-19,22-37,42-46H,20-21,38-41H2,1-11H3. The summed E-state index contributed by atoms with van der Waals surface area (Å²) >= 11 is 0. The number of rotatable bonds is 4. The lowest BCUT2D eigenvalue weighted by Crippen LogP contribution is -2.65. The van der Waals surface area contributed by atoms with Crippen LogP contribution >= 0.6 is 0 Å². The van der Waals surface area contributed by atoms with Crippen molar-refractivity contribution in [2.24, 2.45) is 0 Å². The molecular formula is C72H74BN3. The van der Waals surface area contributed by atoms with E-state index in [0.29, 0.717) is 0 Å². The average Bonchev–Trinajstić information content (AvgIpc) is 3.99. The monoisotopic (exact) mass is 992 g/mol. The Bertz CT molecular complexity index is 3690. The summed E-state index contributed by atoms with van der Waals surface area (Å²) in [6, 6.07) is 70.2. The molecule has 1 saturated carbocycles. The molecule has 4 aliphatic heterocycles. The van der Waals surface area contributed by atoms with Gasteiger partial charge in [0.05, 0.1) is 16.5 Å². The Morgan fingerprint density at radius 1 is 0.421 bits per heavy atom. The first-order chi connectivity index (χ1) is 36.3. The zero-order valence-electron chi connectivity index (χ0n) is 46.9. The van der Waals surface area contributed by atoms with E-state index < -0.39 is 5.54 Å². The third-order valence-electron chi connectivity index (χ3n) is 20.2. The molecule has 2 aliphatic carbocycles. The quantitative estimate of drug-likeness (QED) is 0.163. The van der Waals surface area contributed by atoms with E-state index >= 15 is 0 Å². The molecule has 6 aliphatic rings. The maximum atomic E-state index is 2.95. The number of benzene rings is 8. The highest BCUT2D eigenvalue weighted by Crippen LogP contribution is 2.69. The van der Waals surface area contributed by atoms with Gasteiger partial charge in [0, 0.05) is 45.2 Å². The van der Waals surface area contributed by atoms with Crippen molar-refractivity contribution in [1.29, 1.82) is 0 Å². The number of aryl methyl sites for hydroxylation is 1. The van der Waals surface area contributed by atoms with Crippen LogP contribution in [0.1, 0.15) is 158 Å². The summed E-state index contributed by atoms with van der Waals surface area (Å²) in [5.41, 5.74) is 24.7. The molecule has 76 heavy (non-hydrogen) atoms. The first kappa shape index (κ1) is 47.7. The SMILES string of the molecule is CC(C)(C)c1cccc(N2c3cc(C(C)(C)C)ccc3B3c4cccc5c4N(c4cc(N6c7ccc(C(C)(C)C)cc7C7(c8ccccc8)CCc8ccccc8C67C)cc2c43)C2(C)CCCCC52c2ccccc2)c1. The Hall–Kier alpha value is -6.78. The van der Waals surface area contributed by atoms with Crippen molar-refractivity contribution in [3.63, 3.8) is 0 Å². The van der Waals surface area contributed by atoms with Gasteiger partial charge in [-0.05, 0) is 159 Å². The van der Waals surface area contributed by atoms with Crippen molar-refractivity contribution in [3.05, 3.63) is 226 Å². The molecule has 4 heteroatoms. The number of hydrogen-bond donors (Lipinski definition) is 0. The number of anilines is 7. The van der Waals surface area contributed by atoms with Gasteiger partial charge in [0.15, 0.2) is 0 Å². The van der Waals surface area contributed by atoms with Crippen LogP contribution in [0.2, 0.25) is 0 Å². The summed E-state index contributed by atoms with van der Waals surface area (Å²) in [6.45, 7) is 26.6. The van der Waals surface area contributed by atoms with Crippen LogP contribution in [0.25, 0.3) is 0 Å². The third-order valence-corrected chi connectivity index (χ3v) is 20.2. The summed E-state index contributed by atoms with van der Waals surface area (Å²) in [4.78, 5) is 8.52. The molecule has 3 nitrogen and oxygen atoms in total. The summed E-state index contributed by atoms with van der Waals surface area (Å²) in [6.07, 6.45) is 6.66. The molecule has 8 aromatic carbocycles. The highest BCUT2D eigenvalue weighted by molar-refractivity contribution is 7.00. The zero-order chi connectivity index (χ0) is 52.5. The molecule has 0 aromatic heterocycles. The molecule has 4 unspecified atom stereocenters. The number of fused-ring (bicyclic) bond motifs is 12. The summed E-state index contributed by atoms with van der Waals surface area (Å²) in [5.74, 6) is 0. The van der Waals surface area contributed by atoms with Crippen molar-refractivity contribution in [1.82, 2.24) is 0 Å². The third kappa shape index (κ3) is 6.13. The normalized spacial score (nSPS) is 23.8. The van der Waals surface area contributed by atoms with Gasteiger partial charge in [-0.3, -0.25) is 0 Å². The van der Waals surface area contributed by atoms with Crippen molar-refractivity contribution in [2.75, 3.05) is 14.7 Å². The fraction of sp³-hybridized carbons (Fsp3) is 0.333. The maximum absolute atomic E-state index is 2.95. The van der Waals surface area contributed by atoms with Crippen LogP contribution in [-0.4, -0.2) is 12.3 Å². The molecule has 8 aromatic rings. The highest BCUT2D eigenvalue weighted by atomic mass is 15.3. The summed E-state index contributed by atoms with van der Waals surface area (Å²) in [7, 11) is 0. The van der Waals surface area contributed by atoms with E-state index in [9.17, 15) is 0 Å². The highest BCUT2D eigenvalue weighted by Gasteiger charge is 2.66. The van der Waals surface area contributed by atoms with Crippen LogP contribution in [-0.2, 0) is 39.0 Å². The van der Waals surface area contributed by atoms with Crippen molar-refractivity contribution < 1.29 is 0 Å². The van der Waals surface area contributed by atoms with Crippen LogP contribution in [0, 0.1) is 0 Å². The largest absolute Gasteiger partial charge is 0.335 e. The molecule has 0 radical (unpaired) electrons. The van der Waals surface area contributed by atoms with Gasteiger partial charge in [-0.2, -0.15) is 0 Å². The molecule has 4 atom stereocenters. The average molecular weight is 992 g/mol. The topological polar surface area (TPSA) is 9.72 Å². The predicted molar refractivity (Wildman–Crippen MR) is 322 cm³/mol. The Kier molecular flexibility index (Phi) is 9.97. The summed E-state index contributed by atoms with van der Waals surface area (Å²) < 4.78 is 0. The molecular weight excluding hydrogens is 918 g/mol. The fourth-order valence-electron chi connectivity index (χ4n) is 16.5. The first-order valence-corrected chi connectivity index (χ1v) is 28.6. The van der Waals surface area contributed by atoms with Crippen molar-refractivity contribution in [3.8, 4) is 0 Å². The lowest BCUT2D eigenvalue weighted by Gasteiger charge is -2.55.